The lowest BCUT2D eigenvalue weighted by atomic mass is 10.3. The molecule has 9 nitrogen and oxygen atoms in total. The molecule has 10 heteroatoms. The van der Waals surface area contributed by atoms with E-state index in [1.807, 2.05) is 0 Å². The van der Waals surface area contributed by atoms with Crippen molar-refractivity contribution in [1.82, 2.24) is 0 Å². The minimum absolute atomic E-state index is 0.175. The molecular weight excluding hydrogens is 278 g/mol. The van der Waals surface area contributed by atoms with Gasteiger partial charge >= 0.3 is 5.84 Å². The van der Waals surface area contributed by atoms with Crippen LogP contribution in [0.5, 0.6) is 0 Å². The number of carbonyl (C=O) groups is 1. The van der Waals surface area contributed by atoms with Crippen molar-refractivity contribution in [2.24, 2.45) is 5.10 Å². The number of rotatable bonds is 2. The minimum atomic E-state index is -4.33. The number of amidine groups is 1. The predicted octanol–water partition coefficient (Wildman–Crippen LogP) is 0.260. The van der Waals surface area contributed by atoms with E-state index in [9.17, 15) is 23.3 Å². The molecule has 100 valence electrons. The fourth-order valence-corrected chi connectivity index (χ4v) is 1.96. The van der Waals surface area contributed by atoms with Gasteiger partial charge in [-0.15, -0.1) is 5.01 Å². The number of hydrogen-bond donors (Lipinski definition) is 1. The van der Waals surface area contributed by atoms with Crippen LogP contribution in [0, 0.1) is 10.1 Å². The van der Waals surface area contributed by atoms with Crippen LogP contribution in [0.1, 0.15) is 6.42 Å². The standard InChI is InChI=1S/C9H7N3O6S/c13-9-5-8(12(14)15)10-11(9)6-1-3-7(4-2-6)19(16,17)18/h1-4H,5H2,(H,16,17,18). The molecule has 0 spiro atoms. The molecule has 1 aliphatic rings. The molecule has 19 heavy (non-hydrogen) atoms. The highest BCUT2D eigenvalue weighted by atomic mass is 32.2. The molecule has 0 bridgehead atoms. The van der Waals surface area contributed by atoms with Crippen molar-refractivity contribution in [3.05, 3.63) is 34.4 Å². The summed E-state index contributed by atoms with van der Waals surface area (Å²) in [6.07, 6.45) is -0.424. The Bertz CT molecular complexity index is 678. The first-order valence-electron chi connectivity index (χ1n) is 4.91. The van der Waals surface area contributed by atoms with Crippen LogP contribution >= 0.6 is 0 Å². The number of nitrogens with zero attached hydrogens (tertiary/aromatic N) is 3. The van der Waals surface area contributed by atoms with Crippen LogP contribution in [-0.4, -0.2) is 29.6 Å². The maximum Gasteiger partial charge on any atom is 0.374 e. The number of amides is 1. The van der Waals surface area contributed by atoms with Crippen LogP contribution in [0.2, 0.25) is 0 Å². The molecule has 0 atom stereocenters. The van der Waals surface area contributed by atoms with Gasteiger partial charge in [-0.3, -0.25) is 9.35 Å². The van der Waals surface area contributed by atoms with Gasteiger partial charge in [0, 0.05) is 0 Å². The lowest BCUT2D eigenvalue weighted by Gasteiger charge is -2.05. The summed E-state index contributed by atoms with van der Waals surface area (Å²) in [5.74, 6) is -1.07. The van der Waals surface area contributed by atoms with E-state index < -0.39 is 33.2 Å². The van der Waals surface area contributed by atoms with Gasteiger partial charge in [0.25, 0.3) is 16.0 Å². The number of benzene rings is 1. The molecule has 0 saturated carbocycles. The third kappa shape index (κ3) is 2.58. The third-order valence-corrected chi connectivity index (χ3v) is 3.22. The van der Waals surface area contributed by atoms with E-state index >= 15 is 0 Å². The molecule has 0 aromatic heterocycles. The fraction of sp³-hybridized carbons (Fsp3) is 0.111. The Morgan fingerprint density at radius 2 is 1.89 bits per heavy atom. The van der Waals surface area contributed by atoms with Crippen molar-refractivity contribution in [3.8, 4) is 0 Å². The van der Waals surface area contributed by atoms with Gasteiger partial charge in [-0.2, -0.15) is 8.42 Å². The predicted molar refractivity (Wildman–Crippen MR) is 62.8 cm³/mol. The van der Waals surface area contributed by atoms with Gasteiger partial charge in [0.2, 0.25) is 0 Å². The van der Waals surface area contributed by atoms with Gasteiger partial charge in [0.1, 0.15) is 6.42 Å². The van der Waals surface area contributed by atoms with Crippen LogP contribution in [-0.2, 0) is 14.9 Å². The zero-order valence-corrected chi connectivity index (χ0v) is 10.1. The van der Waals surface area contributed by atoms with E-state index in [4.69, 9.17) is 4.55 Å². The summed E-state index contributed by atoms with van der Waals surface area (Å²) in [7, 11) is -4.33. The van der Waals surface area contributed by atoms with Crippen molar-refractivity contribution < 1.29 is 22.7 Å². The molecule has 0 radical (unpaired) electrons. The highest BCUT2D eigenvalue weighted by Gasteiger charge is 2.35. The Balaban J connectivity index is 2.34. The molecule has 1 N–H and O–H groups in total. The molecule has 0 unspecified atom stereocenters. The fourth-order valence-electron chi connectivity index (χ4n) is 1.48. The van der Waals surface area contributed by atoms with Crippen molar-refractivity contribution >= 4 is 27.5 Å². The monoisotopic (exact) mass is 285 g/mol. The van der Waals surface area contributed by atoms with Crippen molar-refractivity contribution in [1.29, 1.82) is 0 Å². The highest BCUT2D eigenvalue weighted by molar-refractivity contribution is 7.85. The lowest BCUT2D eigenvalue weighted by Crippen LogP contribution is -2.19. The minimum Gasteiger partial charge on any atom is -0.358 e. The van der Waals surface area contributed by atoms with Crippen molar-refractivity contribution in [3.63, 3.8) is 0 Å². The summed E-state index contributed by atoms with van der Waals surface area (Å²) >= 11 is 0. The molecule has 1 aliphatic heterocycles. The molecule has 1 aromatic carbocycles. The van der Waals surface area contributed by atoms with Crippen molar-refractivity contribution in [2.45, 2.75) is 11.3 Å². The van der Waals surface area contributed by atoms with Gasteiger partial charge in [-0.05, 0) is 29.2 Å². The number of carbonyl (C=O) groups excluding carboxylic acids is 1. The average Bonchev–Trinajstić information content (AvgIpc) is 2.70. The smallest absolute Gasteiger partial charge is 0.358 e. The van der Waals surface area contributed by atoms with E-state index in [1.165, 1.54) is 12.1 Å². The van der Waals surface area contributed by atoms with E-state index in [1.54, 1.807) is 0 Å². The first-order valence-corrected chi connectivity index (χ1v) is 6.35. The highest BCUT2D eigenvalue weighted by Crippen LogP contribution is 2.22. The molecule has 0 fully saturated rings. The van der Waals surface area contributed by atoms with Gasteiger partial charge in [0.05, 0.1) is 15.7 Å². The normalized spacial score (nSPS) is 15.5. The average molecular weight is 285 g/mol. The Morgan fingerprint density at radius 1 is 1.32 bits per heavy atom. The molecular formula is C9H7N3O6S. The summed E-state index contributed by atoms with van der Waals surface area (Å²) in [5, 5.41) is 14.8. The van der Waals surface area contributed by atoms with E-state index in [-0.39, 0.29) is 10.6 Å². The molecule has 1 aromatic rings. The molecule has 0 saturated heterocycles. The summed E-state index contributed by atoms with van der Waals surface area (Å²) in [5.41, 5.74) is 0.175. The summed E-state index contributed by atoms with van der Waals surface area (Å²) in [6, 6.07) is 4.57. The number of hydrazone groups is 1. The van der Waals surface area contributed by atoms with E-state index in [2.05, 4.69) is 5.10 Å². The Kier molecular flexibility index (Phi) is 3.04. The summed E-state index contributed by atoms with van der Waals surface area (Å²) < 4.78 is 30.4. The maximum absolute atomic E-state index is 11.5. The first kappa shape index (κ1) is 13.1. The van der Waals surface area contributed by atoms with Gasteiger partial charge < -0.3 is 10.1 Å². The molecule has 1 amide bonds. The quantitative estimate of drug-likeness (QED) is 0.471. The summed E-state index contributed by atoms with van der Waals surface area (Å²) in [4.78, 5) is 20.9. The van der Waals surface area contributed by atoms with Crippen LogP contribution in [0.25, 0.3) is 0 Å². The second-order valence-electron chi connectivity index (χ2n) is 3.62. The Morgan fingerprint density at radius 3 is 2.32 bits per heavy atom. The molecule has 0 aliphatic carbocycles. The third-order valence-electron chi connectivity index (χ3n) is 2.35. The number of anilines is 1. The van der Waals surface area contributed by atoms with Gasteiger partial charge in [0.15, 0.2) is 0 Å². The SMILES string of the molecule is O=C1CC([N+](=O)[O-])=NN1c1ccc(S(=O)(=O)O)cc1. The number of hydrogen-bond acceptors (Lipinski definition) is 6. The number of nitro groups is 1. The molecule has 2 rings (SSSR count). The Labute approximate surface area is 107 Å². The largest absolute Gasteiger partial charge is 0.374 e. The van der Waals surface area contributed by atoms with Crippen LogP contribution in [0.15, 0.2) is 34.3 Å². The topological polar surface area (TPSA) is 130 Å². The lowest BCUT2D eigenvalue weighted by molar-refractivity contribution is -0.352. The van der Waals surface area contributed by atoms with E-state index in [0.717, 1.165) is 17.1 Å². The maximum atomic E-state index is 11.5. The molecule has 1 heterocycles. The zero-order valence-electron chi connectivity index (χ0n) is 9.25. The Hall–Kier alpha value is -2.33. The zero-order chi connectivity index (χ0) is 14.2. The second-order valence-corrected chi connectivity index (χ2v) is 5.05. The first-order chi connectivity index (χ1) is 8.79. The second kappa shape index (κ2) is 4.40. The van der Waals surface area contributed by atoms with Crippen LogP contribution in [0.3, 0.4) is 0 Å². The van der Waals surface area contributed by atoms with Gasteiger partial charge in [-0.1, -0.05) is 0 Å². The van der Waals surface area contributed by atoms with Crippen LogP contribution < -0.4 is 5.01 Å². The van der Waals surface area contributed by atoms with Gasteiger partial charge in [-0.25, -0.2) is 0 Å². The summed E-state index contributed by atoms with van der Waals surface area (Å²) in [6.45, 7) is 0. The van der Waals surface area contributed by atoms with E-state index in [0.29, 0.717) is 0 Å². The van der Waals surface area contributed by atoms with Crippen molar-refractivity contribution in [2.75, 3.05) is 5.01 Å². The van der Waals surface area contributed by atoms with Crippen LogP contribution in [0.4, 0.5) is 5.69 Å².